The zero-order valence-electron chi connectivity index (χ0n) is 9.83. The van der Waals surface area contributed by atoms with E-state index < -0.39 is 5.41 Å². The summed E-state index contributed by atoms with van der Waals surface area (Å²) >= 11 is 0. The summed E-state index contributed by atoms with van der Waals surface area (Å²) in [5.41, 5.74) is -0.486. The molecule has 0 bridgehead atoms. The summed E-state index contributed by atoms with van der Waals surface area (Å²) in [4.78, 5) is 11.3. The van der Waals surface area contributed by atoms with Crippen LogP contribution in [-0.4, -0.2) is 49.0 Å². The number of hydrogen-bond acceptors (Lipinski definition) is 4. The van der Waals surface area contributed by atoms with Gasteiger partial charge in [-0.25, -0.2) is 0 Å². The summed E-state index contributed by atoms with van der Waals surface area (Å²) in [6.07, 6.45) is 2.04. The highest BCUT2D eigenvalue weighted by Gasteiger charge is 2.29. The van der Waals surface area contributed by atoms with Gasteiger partial charge in [-0.15, -0.1) is 0 Å². The van der Waals surface area contributed by atoms with E-state index in [1.807, 2.05) is 6.92 Å². The molecule has 0 aliphatic heterocycles. The molecule has 1 rings (SSSR count). The van der Waals surface area contributed by atoms with Crippen LogP contribution in [0.4, 0.5) is 0 Å². The predicted octanol–water partition coefficient (Wildman–Crippen LogP) is -0.907. The number of hydrogen-bond donors (Lipinski definition) is 4. The minimum Gasteiger partial charge on any atom is -0.396 e. The fourth-order valence-electron chi connectivity index (χ4n) is 1.32. The van der Waals surface area contributed by atoms with E-state index >= 15 is 0 Å². The van der Waals surface area contributed by atoms with Crippen molar-refractivity contribution in [3.05, 3.63) is 0 Å². The Labute approximate surface area is 96.2 Å². The van der Waals surface area contributed by atoms with Gasteiger partial charge in [0.1, 0.15) is 0 Å². The molecule has 1 saturated carbocycles. The second-order valence-electron chi connectivity index (χ2n) is 4.87. The highest BCUT2D eigenvalue weighted by Crippen LogP contribution is 2.28. The van der Waals surface area contributed by atoms with Crippen molar-refractivity contribution in [2.75, 3.05) is 32.8 Å². The van der Waals surface area contributed by atoms with Crippen molar-refractivity contribution in [1.29, 1.82) is 0 Å². The summed E-state index contributed by atoms with van der Waals surface area (Å²) in [6.45, 7) is 3.51. The Kier molecular flexibility index (Phi) is 5.18. The van der Waals surface area contributed by atoms with Crippen LogP contribution in [0.25, 0.3) is 0 Å². The first-order chi connectivity index (χ1) is 7.61. The molecular weight excluding hydrogens is 208 g/mol. The van der Waals surface area contributed by atoms with E-state index in [0.717, 1.165) is 12.8 Å². The number of rotatable bonds is 8. The smallest absolute Gasteiger partial charge is 0.223 e. The molecule has 4 N–H and O–H groups in total. The van der Waals surface area contributed by atoms with Crippen LogP contribution in [0.2, 0.25) is 0 Å². The SMILES string of the molecule is CC(CO)(CO)CNCCNC(=O)C1CC1. The van der Waals surface area contributed by atoms with Gasteiger partial charge in [-0.2, -0.15) is 0 Å². The third kappa shape index (κ3) is 4.47. The molecule has 0 atom stereocenters. The van der Waals surface area contributed by atoms with Gasteiger partial charge >= 0.3 is 0 Å². The summed E-state index contributed by atoms with van der Waals surface area (Å²) in [6, 6.07) is 0. The molecule has 16 heavy (non-hydrogen) atoms. The molecule has 1 aliphatic rings. The number of amides is 1. The average molecular weight is 230 g/mol. The molecule has 1 aliphatic carbocycles. The highest BCUT2D eigenvalue weighted by atomic mass is 16.3. The molecule has 0 aromatic rings. The Morgan fingerprint density at radius 1 is 1.31 bits per heavy atom. The van der Waals surface area contributed by atoms with Crippen molar-refractivity contribution in [2.45, 2.75) is 19.8 Å². The molecule has 0 radical (unpaired) electrons. The zero-order valence-corrected chi connectivity index (χ0v) is 9.83. The number of carbonyl (C=O) groups excluding carboxylic acids is 1. The Bertz CT molecular complexity index is 225. The average Bonchev–Trinajstić information content (AvgIpc) is 3.12. The van der Waals surface area contributed by atoms with E-state index in [0.29, 0.717) is 19.6 Å². The Balaban J connectivity index is 2.00. The van der Waals surface area contributed by atoms with E-state index in [9.17, 15) is 4.79 Å². The van der Waals surface area contributed by atoms with Gasteiger partial charge in [0.2, 0.25) is 5.91 Å². The maximum atomic E-state index is 11.3. The van der Waals surface area contributed by atoms with Crippen LogP contribution in [0.5, 0.6) is 0 Å². The normalized spacial score (nSPS) is 16.2. The van der Waals surface area contributed by atoms with Gasteiger partial charge in [-0.1, -0.05) is 6.92 Å². The molecule has 0 heterocycles. The molecule has 0 spiro atoms. The third-order valence-electron chi connectivity index (χ3n) is 2.86. The quantitative estimate of drug-likeness (QED) is 0.407. The Morgan fingerprint density at radius 3 is 2.44 bits per heavy atom. The van der Waals surface area contributed by atoms with Gasteiger partial charge in [-0.05, 0) is 12.8 Å². The first-order valence-electron chi connectivity index (χ1n) is 5.81. The monoisotopic (exact) mass is 230 g/mol. The summed E-state index contributed by atoms with van der Waals surface area (Å²) in [5, 5.41) is 24.0. The minimum atomic E-state index is -0.486. The predicted molar refractivity (Wildman–Crippen MR) is 60.9 cm³/mol. The molecular formula is C11H22N2O3. The van der Waals surface area contributed by atoms with Crippen molar-refractivity contribution in [3.63, 3.8) is 0 Å². The van der Waals surface area contributed by atoms with Gasteiger partial charge in [-0.3, -0.25) is 4.79 Å². The molecule has 1 amide bonds. The molecule has 94 valence electrons. The van der Waals surface area contributed by atoms with Crippen LogP contribution in [0.3, 0.4) is 0 Å². The number of carbonyl (C=O) groups is 1. The van der Waals surface area contributed by atoms with Crippen molar-refractivity contribution < 1.29 is 15.0 Å². The Hall–Kier alpha value is -0.650. The maximum absolute atomic E-state index is 11.3. The van der Waals surface area contributed by atoms with Gasteiger partial charge in [0.25, 0.3) is 0 Å². The summed E-state index contributed by atoms with van der Waals surface area (Å²) in [5.74, 6) is 0.397. The fraction of sp³-hybridized carbons (Fsp3) is 0.909. The van der Waals surface area contributed by atoms with Crippen molar-refractivity contribution in [3.8, 4) is 0 Å². The summed E-state index contributed by atoms with van der Waals surface area (Å²) < 4.78 is 0. The van der Waals surface area contributed by atoms with Crippen LogP contribution in [0, 0.1) is 11.3 Å². The van der Waals surface area contributed by atoms with Crippen molar-refractivity contribution >= 4 is 5.91 Å². The molecule has 0 saturated heterocycles. The van der Waals surface area contributed by atoms with E-state index in [1.165, 1.54) is 0 Å². The second kappa shape index (κ2) is 6.18. The number of aliphatic hydroxyl groups excluding tert-OH is 2. The van der Waals surface area contributed by atoms with E-state index in [4.69, 9.17) is 10.2 Å². The number of aliphatic hydroxyl groups is 2. The lowest BCUT2D eigenvalue weighted by Gasteiger charge is -2.24. The summed E-state index contributed by atoms with van der Waals surface area (Å²) in [7, 11) is 0. The molecule has 5 heteroatoms. The van der Waals surface area contributed by atoms with E-state index in [1.54, 1.807) is 0 Å². The van der Waals surface area contributed by atoms with Gasteiger partial charge in [0.05, 0.1) is 13.2 Å². The van der Waals surface area contributed by atoms with Crippen molar-refractivity contribution in [1.82, 2.24) is 10.6 Å². The minimum absolute atomic E-state index is 0.0507. The zero-order chi connectivity index (χ0) is 12.0. The molecule has 1 fully saturated rings. The van der Waals surface area contributed by atoms with Gasteiger partial charge in [0, 0.05) is 31.0 Å². The topological polar surface area (TPSA) is 81.6 Å². The largest absolute Gasteiger partial charge is 0.396 e. The van der Waals surface area contributed by atoms with Crippen LogP contribution in [0.15, 0.2) is 0 Å². The van der Waals surface area contributed by atoms with Crippen LogP contribution >= 0.6 is 0 Å². The van der Waals surface area contributed by atoms with E-state index in [2.05, 4.69) is 10.6 Å². The van der Waals surface area contributed by atoms with E-state index in [-0.39, 0.29) is 25.0 Å². The highest BCUT2D eigenvalue weighted by molar-refractivity contribution is 5.80. The lowest BCUT2D eigenvalue weighted by atomic mass is 9.93. The third-order valence-corrected chi connectivity index (χ3v) is 2.86. The maximum Gasteiger partial charge on any atom is 0.223 e. The lowest BCUT2D eigenvalue weighted by molar-refractivity contribution is -0.122. The second-order valence-corrected chi connectivity index (χ2v) is 4.87. The van der Waals surface area contributed by atoms with Crippen molar-refractivity contribution in [2.24, 2.45) is 11.3 Å². The van der Waals surface area contributed by atoms with Crippen LogP contribution < -0.4 is 10.6 Å². The first-order valence-corrected chi connectivity index (χ1v) is 5.81. The molecule has 0 aromatic heterocycles. The van der Waals surface area contributed by atoms with Crippen LogP contribution in [-0.2, 0) is 4.79 Å². The van der Waals surface area contributed by atoms with Gasteiger partial charge in [0.15, 0.2) is 0 Å². The molecule has 0 unspecified atom stereocenters. The van der Waals surface area contributed by atoms with Crippen LogP contribution in [0.1, 0.15) is 19.8 Å². The molecule has 0 aromatic carbocycles. The standard InChI is InChI=1S/C11H22N2O3/c1-11(7-14,8-15)6-12-4-5-13-10(16)9-2-3-9/h9,12,14-15H,2-8H2,1H3,(H,13,16). The lowest BCUT2D eigenvalue weighted by Crippen LogP contribution is -2.41. The number of nitrogens with one attached hydrogen (secondary N) is 2. The fourth-order valence-corrected chi connectivity index (χ4v) is 1.32. The Morgan fingerprint density at radius 2 is 1.94 bits per heavy atom. The first kappa shape index (κ1) is 13.4. The van der Waals surface area contributed by atoms with Gasteiger partial charge < -0.3 is 20.8 Å². The molecule has 5 nitrogen and oxygen atoms in total.